The lowest BCUT2D eigenvalue weighted by Crippen LogP contribution is -2.28. The van der Waals surface area contributed by atoms with Crippen LogP contribution in [0.4, 0.5) is 0 Å². The van der Waals surface area contributed by atoms with Gasteiger partial charge in [-0.1, -0.05) is 38.3 Å². The third kappa shape index (κ3) is 9.69. The Hall–Kier alpha value is -1.71. The quantitative estimate of drug-likeness (QED) is 0.216. The van der Waals surface area contributed by atoms with Crippen LogP contribution in [0.15, 0.2) is 18.2 Å². The zero-order valence-electron chi connectivity index (χ0n) is 21.1. The van der Waals surface area contributed by atoms with Crippen LogP contribution in [0, 0.1) is 17.8 Å². The maximum Gasteiger partial charge on any atom is 0.341 e. The number of aliphatic hydroxyl groups is 4. The molecule has 0 saturated heterocycles. The molecule has 0 aromatic heterocycles. The second kappa shape index (κ2) is 16.1. The Labute approximate surface area is 209 Å². The van der Waals surface area contributed by atoms with Crippen molar-refractivity contribution in [2.45, 2.75) is 76.9 Å². The van der Waals surface area contributed by atoms with Gasteiger partial charge >= 0.3 is 5.97 Å². The van der Waals surface area contributed by atoms with Crippen LogP contribution in [0.1, 0.15) is 63.0 Å². The first kappa shape index (κ1) is 29.5. The van der Waals surface area contributed by atoms with Gasteiger partial charge in [-0.3, -0.25) is 0 Å². The van der Waals surface area contributed by atoms with E-state index in [0.717, 1.165) is 63.4 Å². The van der Waals surface area contributed by atoms with Crippen molar-refractivity contribution in [3.63, 3.8) is 0 Å². The van der Waals surface area contributed by atoms with Crippen LogP contribution in [-0.2, 0) is 17.6 Å². The van der Waals surface area contributed by atoms with Gasteiger partial charge in [0.05, 0.1) is 25.4 Å². The van der Waals surface area contributed by atoms with E-state index < -0.39 is 5.97 Å². The number of rotatable bonds is 14. The Balaban J connectivity index is 0.000000540. The summed E-state index contributed by atoms with van der Waals surface area (Å²) in [7, 11) is 0. The first-order valence-corrected chi connectivity index (χ1v) is 13.1. The van der Waals surface area contributed by atoms with Crippen LogP contribution in [0.5, 0.6) is 5.75 Å². The number of carboxylic acids is 1. The summed E-state index contributed by atoms with van der Waals surface area (Å²) in [5, 5.41) is 48.9. The summed E-state index contributed by atoms with van der Waals surface area (Å²) in [5.41, 5.74) is 2.32. The number of unbranched alkanes of at least 4 members (excludes halogenated alkanes) is 2. The molecule has 1 saturated carbocycles. The molecule has 1 unspecified atom stereocenters. The number of aliphatic hydroxyl groups excluding tert-OH is 4. The smallest absolute Gasteiger partial charge is 0.341 e. The average Bonchev–Trinajstić information content (AvgIpc) is 3.14. The van der Waals surface area contributed by atoms with E-state index in [9.17, 15) is 15.0 Å². The number of nitrogens with one attached hydrogen (secondary N) is 1. The van der Waals surface area contributed by atoms with E-state index >= 15 is 0 Å². The normalized spacial score (nSPS) is 23.6. The number of benzene rings is 1. The Morgan fingerprint density at radius 1 is 1.14 bits per heavy atom. The molecule has 1 aromatic carbocycles. The van der Waals surface area contributed by atoms with E-state index in [4.69, 9.17) is 20.1 Å². The van der Waals surface area contributed by atoms with E-state index in [1.54, 1.807) is 0 Å². The zero-order chi connectivity index (χ0) is 25.6. The molecule has 1 fully saturated rings. The number of aliphatic carboxylic acids is 1. The van der Waals surface area contributed by atoms with Crippen molar-refractivity contribution in [1.29, 1.82) is 0 Å². The third-order valence-corrected chi connectivity index (χ3v) is 7.25. The molecule has 6 N–H and O–H groups in total. The molecule has 1 aromatic rings. The Kier molecular flexibility index (Phi) is 13.6. The van der Waals surface area contributed by atoms with Crippen LogP contribution < -0.4 is 10.1 Å². The fourth-order valence-electron chi connectivity index (χ4n) is 5.52. The predicted molar refractivity (Wildman–Crippen MR) is 134 cm³/mol. The molecular weight excluding hydrogens is 450 g/mol. The summed E-state index contributed by atoms with van der Waals surface area (Å²) in [6.45, 7) is 3.26. The first-order valence-electron chi connectivity index (χ1n) is 13.1. The first-order chi connectivity index (χ1) is 16.9. The number of hydrogen-bond donors (Lipinski definition) is 6. The molecule has 3 rings (SSSR count). The van der Waals surface area contributed by atoms with Crippen molar-refractivity contribution in [3.05, 3.63) is 29.3 Å². The molecule has 200 valence electrons. The minimum absolute atomic E-state index is 0.139. The molecule has 0 bridgehead atoms. The molecule has 8 nitrogen and oxygen atoms in total. The van der Waals surface area contributed by atoms with Gasteiger partial charge in [0.1, 0.15) is 5.75 Å². The van der Waals surface area contributed by atoms with E-state index in [2.05, 4.69) is 18.3 Å². The monoisotopic (exact) mass is 495 g/mol. The molecular formula is C27H45NO7. The molecule has 0 spiro atoms. The summed E-state index contributed by atoms with van der Waals surface area (Å²) < 4.78 is 5.50. The molecule has 0 amide bonds. The summed E-state index contributed by atoms with van der Waals surface area (Å²) in [5.74, 6) is 0.768. The van der Waals surface area contributed by atoms with Gasteiger partial charge in [0.15, 0.2) is 6.61 Å². The van der Waals surface area contributed by atoms with Gasteiger partial charge in [-0.2, -0.15) is 0 Å². The largest absolute Gasteiger partial charge is 0.482 e. The Morgan fingerprint density at radius 2 is 1.89 bits per heavy atom. The number of fused-ring (bicyclic) bond motifs is 2. The maximum atomic E-state index is 10.8. The van der Waals surface area contributed by atoms with E-state index in [1.165, 1.54) is 5.56 Å². The lowest BCUT2D eigenvalue weighted by atomic mass is 9.73. The topological polar surface area (TPSA) is 139 Å². The van der Waals surface area contributed by atoms with Crippen LogP contribution in [-0.4, -0.2) is 76.6 Å². The molecule has 0 aliphatic heterocycles. The van der Waals surface area contributed by atoms with E-state index in [1.807, 2.05) is 12.1 Å². The number of carboxylic acid groups (broad SMARTS) is 1. The van der Waals surface area contributed by atoms with Crippen molar-refractivity contribution in [1.82, 2.24) is 5.32 Å². The molecule has 35 heavy (non-hydrogen) atoms. The average molecular weight is 496 g/mol. The zero-order valence-corrected chi connectivity index (χ0v) is 21.1. The highest BCUT2D eigenvalue weighted by molar-refractivity contribution is 5.68. The van der Waals surface area contributed by atoms with Gasteiger partial charge in [0.25, 0.3) is 0 Å². The second-order valence-electron chi connectivity index (χ2n) is 9.80. The molecule has 5 atom stereocenters. The summed E-state index contributed by atoms with van der Waals surface area (Å²) >= 11 is 0. The van der Waals surface area contributed by atoms with Gasteiger partial charge < -0.3 is 35.6 Å². The molecule has 0 heterocycles. The highest BCUT2D eigenvalue weighted by Crippen LogP contribution is 2.48. The van der Waals surface area contributed by atoms with Crippen molar-refractivity contribution in [2.24, 2.45) is 17.8 Å². The van der Waals surface area contributed by atoms with Gasteiger partial charge in [-0.05, 0) is 73.5 Å². The minimum atomic E-state index is -0.972. The van der Waals surface area contributed by atoms with E-state index in [0.29, 0.717) is 30.7 Å². The van der Waals surface area contributed by atoms with Gasteiger partial charge in [0, 0.05) is 13.1 Å². The molecule has 0 radical (unpaired) electrons. The SMILES string of the molecule is CCCCCC(O)CC[C@@H]1[C@H]2Cc3cccc(OCC(=O)O)c3C[C@H]2C[C@H]1O.OCCNCCO. The standard InChI is InChI=1S/C23H34O5.C4H11NO2/c1-2-3-4-7-17(24)9-10-18-19-11-15-6-5-8-22(28-14-23(26)27)20(15)12-16(19)13-21(18)25;6-3-1-5-2-4-7/h5-6,8,16-19,21,24-25H,2-4,7,9-14H2,1H3,(H,26,27);5-7H,1-4H2/t16-,17?,18+,19-,21+;/m0./s1. The van der Waals surface area contributed by atoms with Crippen molar-refractivity contribution in [3.8, 4) is 5.75 Å². The van der Waals surface area contributed by atoms with Crippen molar-refractivity contribution >= 4 is 5.97 Å². The molecule has 2 aliphatic rings. The van der Waals surface area contributed by atoms with Crippen LogP contribution in [0.3, 0.4) is 0 Å². The summed E-state index contributed by atoms with van der Waals surface area (Å²) in [4.78, 5) is 10.8. The second-order valence-corrected chi connectivity index (χ2v) is 9.80. The van der Waals surface area contributed by atoms with Gasteiger partial charge in [-0.15, -0.1) is 0 Å². The Bertz CT molecular complexity index is 740. The predicted octanol–water partition coefficient (Wildman–Crippen LogP) is 2.14. The lowest BCUT2D eigenvalue weighted by molar-refractivity contribution is -0.139. The van der Waals surface area contributed by atoms with Crippen molar-refractivity contribution < 1.29 is 35.1 Å². The highest BCUT2D eigenvalue weighted by Gasteiger charge is 2.44. The fraction of sp³-hybridized carbons (Fsp3) is 0.741. The third-order valence-electron chi connectivity index (χ3n) is 7.25. The van der Waals surface area contributed by atoms with Crippen LogP contribution in [0.2, 0.25) is 0 Å². The molecule has 2 aliphatic carbocycles. The maximum absolute atomic E-state index is 10.8. The highest BCUT2D eigenvalue weighted by atomic mass is 16.5. The minimum Gasteiger partial charge on any atom is -0.482 e. The van der Waals surface area contributed by atoms with Crippen molar-refractivity contribution in [2.75, 3.05) is 32.9 Å². The fourth-order valence-corrected chi connectivity index (χ4v) is 5.52. The van der Waals surface area contributed by atoms with Crippen LogP contribution >= 0.6 is 0 Å². The summed E-state index contributed by atoms with van der Waals surface area (Å²) in [6, 6.07) is 5.87. The Morgan fingerprint density at radius 3 is 2.54 bits per heavy atom. The number of hydrogen-bond acceptors (Lipinski definition) is 7. The van der Waals surface area contributed by atoms with E-state index in [-0.39, 0.29) is 37.9 Å². The van der Waals surface area contributed by atoms with Gasteiger partial charge in [-0.25, -0.2) is 4.79 Å². The van der Waals surface area contributed by atoms with Crippen LogP contribution in [0.25, 0.3) is 0 Å². The lowest BCUT2D eigenvalue weighted by Gasteiger charge is -2.32. The number of carbonyl (C=O) groups is 1. The van der Waals surface area contributed by atoms with Gasteiger partial charge in [0.2, 0.25) is 0 Å². The number of ether oxygens (including phenoxy) is 1. The summed E-state index contributed by atoms with van der Waals surface area (Å²) in [6.07, 6.45) is 7.85. The molecule has 8 heteroatoms.